The first-order chi connectivity index (χ1) is 8.65. The predicted octanol–water partition coefficient (Wildman–Crippen LogP) is 1.26. The van der Waals surface area contributed by atoms with Crippen molar-refractivity contribution in [3.8, 4) is 5.82 Å². The first kappa shape index (κ1) is 12.0. The summed E-state index contributed by atoms with van der Waals surface area (Å²) < 4.78 is 5.94. The molecule has 0 radical (unpaired) electrons. The molecule has 0 fully saturated rings. The number of nitrogens with zero attached hydrogens (tertiary/aromatic N) is 3. The van der Waals surface area contributed by atoms with Crippen molar-refractivity contribution < 1.29 is 14.3 Å². The minimum Gasteiger partial charge on any atom is -0.465 e. The van der Waals surface area contributed by atoms with Crippen molar-refractivity contribution in [2.75, 3.05) is 7.11 Å². The molecule has 92 valence electrons. The zero-order chi connectivity index (χ0) is 13.1. The van der Waals surface area contributed by atoms with Gasteiger partial charge in [-0.2, -0.15) is 5.10 Å². The van der Waals surface area contributed by atoms with Crippen LogP contribution in [-0.2, 0) is 4.74 Å². The van der Waals surface area contributed by atoms with Gasteiger partial charge in [0, 0.05) is 13.1 Å². The molecular formula is C12H11N3O3. The number of esters is 1. The van der Waals surface area contributed by atoms with E-state index >= 15 is 0 Å². The summed E-state index contributed by atoms with van der Waals surface area (Å²) in [6.45, 7) is 1.36. The molecule has 6 heteroatoms. The summed E-state index contributed by atoms with van der Waals surface area (Å²) in [5.74, 6) is -0.404. The van der Waals surface area contributed by atoms with Gasteiger partial charge in [-0.3, -0.25) is 4.79 Å². The van der Waals surface area contributed by atoms with Gasteiger partial charge in [-0.1, -0.05) is 6.07 Å². The Morgan fingerprint density at radius 2 is 2.11 bits per heavy atom. The molecule has 6 nitrogen and oxygen atoms in total. The minimum atomic E-state index is -0.595. The number of hydrogen-bond acceptors (Lipinski definition) is 5. The quantitative estimate of drug-likeness (QED) is 0.601. The summed E-state index contributed by atoms with van der Waals surface area (Å²) in [5.41, 5.74) is 0.302. The maximum atomic E-state index is 11.6. The zero-order valence-corrected chi connectivity index (χ0v) is 9.95. The second kappa shape index (κ2) is 4.79. The van der Waals surface area contributed by atoms with Crippen LogP contribution in [-0.4, -0.2) is 33.6 Å². The number of hydrogen-bond donors (Lipinski definition) is 0. The van der Waals surface area contributed by atoms with Crippen molar-refractivity contribution in [3.05, 3.63) is 41.9 Å². The SMILES string of the molecule is COC(=O)c1cnn(-c2ccccn2)c1C(C)=O. The van der Waals surface area contributed by atoms with Gasteiger partial charge in [0.25, 0.3) is 0 Å². The monoisotopic (exact) mass is 245 g/mol. The van der Waals surface area contributed by atoms with E-state index in [1.165, 1.54) is 24.9 Å². The van der Waals surface area contributed by atoms with Crippen molar-refractivity contribution in [1.29, 1.82) is 0 Å². The Bertz CT molecular complexity index is 590. The largest absolute Gasteiger partial charge is 0.465 e. The van der Waals surface area contributed by atoms with E-state index in [1.54, 1.807) is 24.4 Å². The second-order valence-corrected chi connectivity index (χ2v) is 3.55. The summed E-state index contributed by atoms with van der Waals surface area (Å²) in [6, 6.07) is 5.22. The summed E-state index contributed by atoms with van der Waals surface area (Å²) in [5, 5.41) is 4.01. The third-order valence-electron chi connectivity index (χ3n) is 2.37. The Balaban J connectivity index is 2.60. The molecule has 0 N–H and O–H groups in total. The summed E-state index contributed by atoms with van der Waals surface area (Å²) >= 11 is 0. The van der Waals surface area contributed by atoms with Gasteiger partial charge >= 0.3 is 5.97 Å². The number of rotatable bonds is 3. The van der Waals surface area contributed by atoms with Crippen molar-refractivity contribution in [2.24, 2.45) is 0 Å². The Hall–Kier alpha value is -2.50. The lowest BCUT2D eigenvalue weighted by atomic mass is 10.2. The Morgan fingerprint density at radius 1 is 1.33 bits per heavy atom. The maximum Gasteiger partial charge on any atom is 0.341 e. The average molecular weight is 245 g/mol. The molecule has 0 aliphatic rings. The predicted molar refractivity (Wildman–Crippen MR) is 62.7 cm³/mol. The Labute approximate surface area is 103 Å². The smallest absolute Gasteiger partial charge is 0.341 e. The van der Waals surface area contributed by atoms with Crippen LogP contribution in [0.25, 0.3) is 5.82 Å². The fourth-order valence-corrected chi connectivity index (χ4v) is 1.60. The van der Waals surface area contributed by atoms with Crippen LogP contribution in [0.2, 0.25) is 0 Å². The normalized spacial score (nSPS) is 10.1. The lowest BCUT2D eigenvalue weighted by molar-refractivity contribution is 0.0597. The highest BCUT2D eigenvalue weighted by atomic mass is 16.5. The molecule has 0 unspecified atom stereocenters. The van der Waals surface area contributed by atoms with Crippen LogP contribution in [0.15, 0.2) is 30.6 Å². The molecule has 0 bridgehead atoms. The van der Waals surface area contributed by atoms with E-state index in [0.29, 0.717) is 5.82 Å². The number of pyridine rings is 1. The van der Waals surface area contributed by atoms with Crippen LogP contribution in [0.1, 0.15) is 27.8 Å². The van der Waals surface area contributed by atoms with E-state index in [2.05, 4.69) is 14.8 Å². The number of carbonyl (C=O) groups excluding carboxylic acids is 2. The van der Waals surface area contributed by atoms with E-state index in [-0.39, 0.29) is 17.0 Å². The number of Topliss-reactive ketones (excluding diaryl/α,β-unsaturated/α-hetero) is 1. The Morgan fingerprint density at radius 3 is 2.67 bits per heavy atom. The van der Waals surface area contributed by atoms with Crippen LogP contribution in [0.4, 0.5) is 0 Å². The molecule has 0 spiro atoms. The molecular weight excluding hydrogens is 234 g/mol. The van der Waals surface area contributed by atoms with Gasteiger partial charge in [0.05, 0.1) is 13.3 Å². The highest BCUT2D eigenvalue weighted by Crippen LogP contribution is 2.14. The number of carbonyl (C=O) groups is 2. The van der Waals surface area contributed by atoms with Gasteiger partial charge in [0.1, 0.15) is 11.3 Å². The van der Waals surface area contributed by atoms with Gasteiger partial charge in [-0.25, -0.2) is 14.5 Å². The summed E-state index contributed by atoms with van der Waals surface area (Å²) in [6.07, 6.45) is 2.88. The van der Waals surface area contributed by atoms with E-state index < -0.39 is 5.97 Å². The Kier molecular flexibility index (Phi) is 3.18. The number of aromatic nitrogens is 3. The fourth-order valence-electron chi connectivity index (χ4n) is 1.60. The van der Waals surface area contributed by atoms with Gasteiger partial charge in [0.2, 0.25) is 0 Å². The second-order valence-electron chi connectivity index (χ2n) is 3.55. The molecule has 0 aromatic carbocycles. The van der Waals surface area contributed by atoms with Crippen molar-refractivity contribution in [1.82, 2.24) is 14.8 Å². The molecule has 0 aliphatic heterocycles. The van der Waals surface area contributed by atoms with Crippen molar-refractivity contribution >= 4 is 11.8 Å². The molecule has 2 aromatic heterocycles. The highest BCUT2D eigenvalue weighted by molar-refractivity contribution is 6.04. The van der Waals surface area contributed by atoms with E-state index in [0.717, 1.165) is 0 Å². The average Bonchev–Trinajstić information content (AvgIpc) is 2.83. The minimum absolute atomic E-state index is 0.135. The van der Waals surface area contributed by atoms with Crippen molar-refractivity contribution in [2.45, 2.75) is 6.92 Å². The number of ketones is 1. The third-order valence-corrected chi connectivity index (χ3v) is 2.37. The summed E-state index contributed by atoms with van der Waals surface area (Å²) in [7, 11) is 1.25. The highest BCUT2D eigenvalue weighted by Gasteiger charge is 2.22. The standard InChI is InChI=1S/C12H11N3O3/c1-8(16)11-9(12(17)18-2)7-14-15(11)10-5-3-4-6-13-10/h3-7H,1-2H3. The summed E-state index contributed by atoms with van der Waals surface area (Å²) in [4.78, 5) is 27.3. The first-order valence-corrected chi connectivity index (χ1v) is 5.24. The zero-order valence-electron chi connectivity index (χ0n) is 9.95. The van der Waals surface area contributed by atoms with E-state index in [4.69, 9.17) is 0 Å². The van der Waals surface area contributed by atoms with E-state index in [9.17, 15) is 9.59 Å². The molecule has 0 atom stereocenters. The van der Waals surface area contributed by atoms with Crippen LogP contribution >= 0.6 is 0 Å². The molecule has 2 heterocycles. The molecule has 0 aliphatic carbocycles. The van der Waals surface area contributed by atoms with Gasteiger partial charge in [0.15, 0.2) is 11.6 Å². The molecule has 0 saturated carbocycles. The van der Waals surface area contributed by atoms with Crippen LogP contribution in [0, 0.1) is 0 Å². The topological polar surface area (TPSA) is 74.1 Å². The fraction of sp³-hybridized carbons (Fsp3) is 0.167. The van der Waals surface area contributed by atoms with Gasteiger partial charge in [-0.05, 0) is 12.1 Å². The molecule has 2 rings (SSSR count). The molecule has 18 heavy (non-hydrogen) atoms. The van der Waals surface area contributed by atoms with Crippen molar-refractivity contribution in [3.63, 3.8) is 0 Å². The van der Waals surface area contributed by atoms with Gasteiger partial charge in [-0.15, -0.1) is 0 Å². The lowest BCUT2D eigenvalue weighted by Gasteiger charge is -2.04. The first-order valence-electron chi connectivity index (χ1n) is 5.24. The third kappa shape index (κ3) is 2.00. The lowest BCUT2D eigenvalue weighted by Crippen LogP contribution is -2.12. The van der Waals surface area contributed by atoms with Gasteiger partial charge < -0.3 is 4.74 Å². The maximum absolute atomic E-state index is 11.6. The number of ether oxygens (including phenoxy) is 1. The number of methoxy groups -OCH3 is 1. The van der Waals surface area contributed by atoms with Crippen LogP contribution in [0.5, 0.6) is 0 Å². The molecule has 0 amide bonds. The van der Waals surface area contributed by atoms with Crippen LogP contribution in [0.3, 0.4) is 0 Å². The molecule has 2 aromatic rings. The van der Waals surface area contributed by atoms with Crippen LogP contribution < -0.4 is 0 Å². The molecule has 0 saturated heterocycles. The van der Waals surface area contributed by atoms with E-state index in [1.807, 2.05) is 0 Å².